The first-order valence-corrected chi connectivity index (χ1v) is 9.92. The van der Waals surface area contributed by atoms with Gasteiger partial charge in [0.05, 0.1) is 15.7 Å². The minimum atomic E-state index is -4.55. The van der Waals surface area contributed by atoms with E-state index in [0.717, 1.165) is 21.1 Å². The topological polar surface area (TPSA) is 7.94 Å². The predicted molar refractivity (Wildman–Crippen MR) is 104 cm³/mol. The molecule has 1 aromatic heterocycles. The van der Waals surface area contributed by atoms with E-state index in [2.05, 4.69) is 47.8 Å². The number of hydrogen-bond donors (Lipinski definition) is 0. The Morgan fingerprint density at radius 2 is 1.67 bits per heavy atom. The summed E-state index contributed by atoms with van der Waals surface area (Å²) in [5.74, 6) is 0. The van der Waals surface area contributed by atoms with Crippen molar-refractivity contribution < 1.29 is 26.3 Å². The fourth-order valence-corrected chi connectivity index (χ4v) is 4.89. The maximum absolute atomic E-state index is 15.2. The van der Waals surface area contributed by atoms with Gasteiger partial charge in [0.25, 0.3) is 0 Å². The Kier molecular flexibility index (Phi) is 4.36. The van der Waals surface area contributed by atoms with E-state index in [1.54, 1.807) is 0 Å². The van der Waals surface area contributed by atoms with E-state index in [-0.39, 0.29) is 31.8 Å². The predicted octanol–water partition coefficient (Wildman–Crippen LogP) is 6.40. The van der Waals surface area contributed by atoms with E-state index in [4.69, 9.17) is 0 Å². The lowest BCUT2D eigenvalue weighted by molar-refractivity contribution is -0.358. The van der Waals surface area contributed by atoms with Crippen LogP contribution >= 0.6 is 47.8 Å². The van der Waals surface area contributed by atoms with Gasteiger partial charge >= 0.3 is 13.1 Å². The SMILES string of the molecule is F[B-]1(F)n2c(Br)ccc2C(c2cc(C(F)(F)F)ccc2Br)=C2C=CC(Br)=[N+]21. The summed E-state index contributed by atoms with van der Waals surface area (Å²) in [7, 11) is 0. The van der Waals surface area contributed by atoms with Crippen LogP contribution < -0.4 is 0 Å². The molecular formula is C16H7BBr3F5N2. The van der Waals surface area contributed by atoms with Gasteiger partial charge in [-0.2, -0.15) is 13.2 Å². The standard InChI is InChI=1S/C16H7BBr3F5N2/c18-10-2-1-8(16(21,22)23)7-9(10)15-11-3-5-13(19)26(11)17(24,25)27-12(15)4-6-14(27)20/h1-7H. The van der Waals surface area contributed by atoms with Gasteiger partial charge in [-0.25, -0.2) is 0 Å². The zero-order valence-electron chi connectivity index (χ0n) is 13.0. The molecule has 1 aromatic carbocycles. The summed E-state index contributed by atoms with van der Waals surface area (Å²) in [6, 6.07) is 6.10. The van der Waals surface area contributed by atoms with E-state index in [0.29, 0.717) is 4.47 Å². The zero-order valence-corrected chi connectivity index (χ0v) is 17.8. The number of allylic oxidation sites excluding steroid dienone is 2. The molecule has 0 spiro atoms. The van der Waals surface area contributed by atoms with Crippen LogP contribution in [0.3, 0.4) is 0 Å². The van der Waals surface area contributed by atoms with E-state index < -0.39 is 18.7 Å². The van der Waals surface area contributed by atoms with Crippen molar-refractivity contribution >= 4 is 65.0 Å². The number of aromatic nitrogens is 1. The molecule has 2 aliphatic rings. The monoisotopic (exact) mass is 570 g/mol. The third-order valence-corrected chi connectivity index (χ3v) is 6.42. The van der Waals surface area contributed by atoms with Gasteiger partial charge < -0.3 is 17.6 Å². The molecule has 0 N–H and O–H groups in total. The molecule has 0 fully saturated rings. The second-order valence-corrected chi connectivity index (χ2v) is 8.46. The Hall–Kier alpha value is -1.20. The molecule has 4 rings (SSSR count). The molecule has 0 saturated heterocycles. The molecule has 0 unspecified atom stereocenters. The Bertz CT molecular complexity index is 1080. The number of nitrogens with zero attached hydrogens (tertiary/aromatic N) is 2. The minimum absolute atomic E-state index is 0.130. The largest absolute Gasteiger partial charge is 0.738 e. The quantitative estimate of drug-likeness (QED) is 0.276. The van der Waals surface area contributed by atoms with Gasteiger partial charge in [0.15, 0.2) is 5.70 Å². The van der Waals surface area contributed by atoms with Gasteiger partial charge in [-0.15, -0.1) is 0 Å². The van der Waals surface area contributed by atoms with Crippen molar-refractivity contribution in [1.29, 1.82) is 0 Å². The van der Waals surface area contributed by atoms with Crippen LogP contribution in [0.4, 0.5) is 21.8 Å². The molecule has 3 heterocycles. The first-order chi connectivity index (χ1) is 12.5. The van der Waals surface area contributed by atoms with E-state index in [9.17, 15) is 13.2 Å². The average molecular weight is 573 g/mol. The number of halogens is 8. The molecule has 0 bridgehead atoms. The lowest BCUT2D eigenvalue weighted by atomic mass is 9.86. The molecular weight excluding hydrogens is 566 g/mol. The highest BCUT2D eigenvalue weighted by atomic mass is 79.9. The van der Waals surface area contributed by atoms with Gasteiger partial charge in [0.2, 0.25) is 4.62 Å². The highest BCUT2D eigenvalue weighted by Crippen LogP contribution is 2.44. The molecule has 0 atom stereocenters. The summed E-state index contributed by atoms with van der Waals surface area (Å²) in [6.45, 7) is -4.23. The van der Waals surface area contributed by atoms with Gasteiger partial charge in [0.1, 0.15) is 0 Å². The first-order valence-electron chi connectivity index (χ1n) is 7.54. The summed E-state index contributed by atoms with van der Waals surface area (Å²) in [5.41, 5.74) is -0.146. The molecule has 0 aliphatic carbocycles. The van der Waals surface area contributed by atoms with Crippen molar-refractivity contribution in [2.45, 2.75) is 6.18 Å². The first kappa shape index (κ1) is 19.1. The Morgan fingerprint density at radius 3 is 2.33 bits per heavy atom. The molecule has 0 saturated carbocycles. The molecule has 27 heavy (non-hydrogen) atoms. The van der Waals surface area contributed by atoms with Crippen molar-refractivity contribution in [3.63, 3.8) is 0 Å². The third-order valence-electron chi connectivity index (χ3n) is 4.43. The lowest BCUT2D eigenvalue weighted by Crippen LogP contribution is -2.50. The van der Waals surface area contributed by atoms with Crippen LogP contribution in [0.1, 0.15) is 16.8 Å². The average Bonchev–Trinajstić information content (AvgIpc) is 3.13. The maximum atomic E-state index is 15.2. The molecule has 0 radical (unpaired) electrons. The lowest BCUT2D eigenvalue weighted by Gasteiger charge is -2.32. The molecule has 11 heteroatoms. The second kappa shape index (κ2) is 6.15. The summed E-state index contributed by atoms with van der Waals surface area (Å²) >= 11 is 9.51. The van der Waals surface area contributed by atoms with Crippen LogP contribution in [0.25, 0.3) is 5.57 Å². The fraction of sp³-hybridized carbons (Fsp3) is 0.0625. The molecule has 2 aliphatic heterocycles. The van der Waals surface area contributed by atoms with Gasteiger partial charge in [0, 0.05) is 43.8 Å². The van der Waals surface area contributed by atoms with Crippen LogP contribution in [0.5, 0.6) is 0 Å². The smallest absolute Gasteiger partial charge is 0.389 e. The number of benzene rings is 1. The highest BCUT2D eigenvalue weighted by molar-refractivity contribution is 9.18. The molecule has 0 amide bonds. The number of rotatable bonds is 1. The van der Waals surface area contributed by atoms with E-state index >= 15 is 8.63 Å². The number of hydrogen-bond acceptors (Lipinski definition) is 0. The summed E-state index contributed by atoms with van der Waals surface area (Å²) in [5, 5.41) is 0. The van der Waals surface area contributed by atoms with E-state index in [1.807, 2.05) is 0 Å². The summed E-state index contributed by atoms with van der Waals surface area (Å²) in [4.78, 5) is 0. The van der Waals surface area contributed by atoms with Crippen LogP contribution in [-0.2, 0) is 6.18 Å². The molecule has 140 valence electrons. The van der Waals surface area contributed by atoms with Gasteiger partial charge in [-0.3, -0.25) is 0 Å². The van der Waals surface area contributed by atoms with Crippen molar-refractivity contribution in [2.24, 2.45) is 0 Å². The Balaban J connectivity index is 2.09. The van der Waals surface area contributed by atoms with Crippen LogP contribution in [0, 0.1) is 0 Å². The van der Waals surface area contributed by atoms with Crippen molar-refractivity contribution in [3.05, 3.63) is 74.1 Å². The van der Waals surface area contributed by atoms with Crippen molar-refractivity contribution in [3.8, 4) is 0 Å². The highest BCUT2D eigenvalue weighted by Gasteiger charge is 2.54. The Labute approximate surface area is 175 Å². The third kappa shape index (κ3) is 2.81. The van der Waals surface area contributed by atoms with Crippen LogP contribution in [0.15, 0.2) is 57.3 Å². The van der Waals surface area contributed by atoms with Crippen LogP contribution in [0.2, 0.25) is 0 Å². The van der Waals surface area contributed by atoms with Gasteiger partial charge in [-0.05, 0) is 46.3 Å². The number of fused-ring (bicyclic) bond motifs is 2. The molecule has 2 aromatic rings. The minimum Gasteiger partial charge on any atom is -0.389 e. The Morgan fingerprint density at radius 1 is 0.963 bits per heavy atom. The molecule has 2 nitrogen and oxygen atoms in total. The summed E-state index contributed by atoms with van der Waals surface area (Å²) < 4.78 is 72.2. The maximum Gasteiger partial charge on any atom is 0.738 e. The second-order valence-electron chi connectivity index (χ2n) is 5.98. The fourth-order valence-electron chi connectivity index (χ4n) is 3.30. The van der Waals surface area contributed by atoms with Gasteiger partial charge in [-0.1, -0.05) is 15.9 Å². The summed E-state index contributed by atoms with van der Waals surface area (Å²) in [6.07, 6.45) is -1.64. The van der Waals surface area contributed by atoms with E-state index in [1.165, 1.54) is 30.4 Å². The number of alkyl halides is 3. The van der Waals surface area contributed by atoms with Crippen molar-refractivity contribution in [1.82, 2.24) is 4.48 Å². The van der Waals surface area contributed by atoms with Crippen molar-refractivity contribution in [2.75, 3.05) is 0 Å². The van der Waals surface area contributed by atoms with Crippen LogP contribution in [-0.4, -0.2) is 20.6 Å². The zero-order chi connectivity index (χ0) is 19.7. The normalized spacial score (nSPS) is 18.2.